The lowest BCUT2D eigenvalue weighted by molar-refractivity contribution is 0.205. The number of nitrogens with one attached hydrogen (secondary N) is 1. The summed E-state index contributed by atoms with van der Waals surface area (Å²) in [5.74, 6) is 0. The van der Waals surface area contributed by atoms with Gasteiger partial charge in [0.05, 0.1) is 4.21 Å². The van der Waals surface area contributed by atoms with Crippen LogP contribution in [0.3, 0.4) is 0 Å². The van der Waals surface area contributed by atoms with E-state index < -0.39 is 0 Å². The second kappa shape index (κ2) is 11.0. The summed E-state index contributed by atoms with van der Waals surface area (Å²) in [5, 5.41) is 0. The Hall–Kier alpha value is -1.86. The SMILES string of the molecule is CCc1cc(-c2ccc(S)s2)c(C)[nH]c1=O.NC1CCN(Cc2ccccc2)CC1. The standard InChI is InChI=1S/C12H18N2.C12H13NOS2/c13-12-6-8-14(9-7-12)10-11-4-2-1-3-5-11;1-3-8-6-9(7(2)13-12(8)14)10-4-5-11(15)16-10/h1-5,12H,6-10,13H2;4-6,15H,3H2,1-2H3,(H,13,14). The number of hydrogen-bond acceptors (Lipinski definition) is 5. The second-order valence-electron chi connectivity index (χ2n) is 7.75. The smallest absolute Gasteiger partial charge is 0.251 e. The number of benzene rings is 1. The minimum absolute atomic E-state index is 0.0198. The van der Waals surface area contributed by atoms with Crippen molar-refractivity contribution in [1.29, 1.82) is 0 Å². The average molecular weight is 442 g/mol. The van der Waals surface area contributed by atoms with Crippen molar-refractivity contribution in [2.24, 2.45) is 5.73 Å². The van der Waals surface area contributed by atoms with Crippen molar-refractivity contribution in [1.82, 2.24) is 9.88 Å². The summed E-state index contributed by atoms with van der Waals surface area (Å²) in [4.78, 5) is 18.1. The number of nitrogens with two attached hydrogens (primary N) is 1. The first-order valence-corrected chi connectivity index (χ1v) is 11.8. The van der Waals surface area contributed by atoms with Crippen molar-refractivity contribution in [3.05, 3.63) is 75.7 Å². The number of rotatable bonds is 4. The zero-order valence-corrected chi connectivity index (χ0v) is 19.4. The van der Waals surface area contributed by atoms with Crippen molar-refractivity contribution in [2.75, 3.05) is 13.1 Å². The molecule has 2 aromatic heterocycles. The van der Waals surface area contributed by atoms with Crippen molar-refractivity contribution >= 4 is 24.0 Å². The van der Waals surface area contributed by atoms with E-state index >= 15 is 0 Å². The van der Waals surface area contributed by atoms with Crippen LogP contribution in [0.2, 0.25) is 0 Å². The molecule has 1 fully saturated rings. The highest BCUT2D eigenvalue weighted by Crippen LogP contribution is 2.31. The molecule has 0 spiro atoms. The number of thiophene rings is 1. The van der Waals surface area contributed by atoms with Crippen LogP contribution in [-0.2, 0) is 13.0 Å². The van der Waals surface area contributed by atoms with Gasteiger partial charge < -0.3 is 10.7 Å². The number of pyridine rings is 1. The van der Waals surface area contributed by atoms with Crippen LogP contribution in [0.4, 0.5) is 0 Å². The highest BCUT2D eigenvalue weighted by molar-refractivity contribution is 7.83. The van der Waals surface area contributed by atoms with Crippen LogP contribution in [0.15, 0.2) is 57.5 Å². The Kier molecular flexibility index (Phi) is 8.33. The molecule has 4 rings (SSSR count). The Balaban J connectivity index is 0.000000172. The Morgan fingerprint density at radius 2 is 1.87 bits per heavy atom. The number of piperidine rings is 1. The highest BCUT2D eigenvalue weighted by atomic mass is 32.2. The van der Waals surface area contributed by atoms with E-state index in [2.05, 4.69) is 52.8 Å². The van der Waals surface area contributed by atoms with Crippen LogP contribution in [0.5, 0.6) is 0 Å². The lowest BCUT2D eigenvalue weighted by Crippen LogP contribution is -2.39. The highest BCUT2D eigenvalue weighted by Gasteiger charge is 2.15. The Bertz CT molecular complexity index is 989. The van der Waals surface area contributed by atoms with E-state index in [1.165, 1.54) is 5.56 Å². The molecule has 3 aromatic rings. The molecule has 0 aliphatic carbocycles. The molecule has 4 nitrogen and oxygen atoms in total. The normalized spacial score (nSPS) is 14.9. The molecule has 0 saturated carbocycles. The zero-order chi connectivity index (χ0) is 21.5. The fraction of sp³-hybridized carbons (Fsp3) is 0.375. The molecule has 0 radical (unpaired) electrons. The van der Waals surface area contributed by atoms with E-state index in [1.54, 1.807) is 11.3 Å². The Morgan fingerprint density at radius 1 is 1.17 bits per heavy atom. The third-order valence-electron chi connectivity index (χ3n) is 5.43. The predicted octanol–water partition coefficient (Wildman–Crippen LogP) is 4.87. The van der Waals surface area contributed by atoms with Gasteiger partial charge in [0.2, 0.25) is 0 Å². The number of aromatic amines is 1. The first kappa shape index (κ1) is 22.8. The summed E-state index contributed by atoms with van der Waals surface area (Å²) in [5.41, 5.74) is 10.1. The molecular formula is C24H31N3OS2. The lowest BCUT2D eigenvalue weighted by atomic mass is 10.1. The number of H-pyrrole nitrogens is 1. The summed E-state index contributed by atoms with van der Waals surface area (Å²) in [7, 11) is 0. The minimum atomic E-state index is 0.0198. The van der Waals surface area contributed by atoms with E-state index in [4.69, 9.17) is 5.73 Å². The van der Waals surface area contributed by atoms with Gasteiger partial charge >= 0.3 is 0 Å². The zero-order valence-electron chi connectivity index (χ0n) is 17.7. The maximum Gasteiger partial charge on any atom is 0.251 e. The summed E-state index contributed by atoms with van der Waals surface area (Å²) in [6.07, 6.45) is 3.04. The molecule has 30 heavy (non-hydrogen) atoms. The third-order valence-corrected chi connectivity index (χ3v) is 6.78. The van der Waals surface area contributed by atoms with Gasteiger partial charge in [-0.2, -0.15) is 0 Å². The first-order valence-electron chi connectivity index (χ1n) is 10.5. The summed E-state index contributed by atoms with van der Waals surface area (Å²) >= 11 is 5.93. The first-order chi connectivity index (χ1) is 14.5. The van der Waals surface area contributed by atoms with Crippen molar-refractivity contribution in [3.8, 4) is 10.4 Å². The summed E-state index contributed by atoms with van der Waals surface area (Å²) < 4.78 is 0.985. The maximum atomic E-state index is 11.6. The molecular weight excluding hydrogens is 410 g/mol. The van der Waals surface area contributed by atoms with Crippen molar-refractivity contribution < 1.29 is 0 Å². The second-order valence-corrected chi connectivity index (χ2v) is 9.62. The number of aromatic nitrogens is 1. The predicted molar refractivity (Wildman–Crippen MR) is 131 cm³/mol. The van der Waals surface area contributed by atoms with Crippen molar-refractivity contribution in [2.45, 2.75) is 49.9 Å². The fourth-order valence-corrected chi connectivity index (χ4v) is 4.80. The van der Waals surface area contributed by atoms with Gasteiger partial charge in [-0.3, -0.25) is 9.69 Å². The quantitative estimate of drug-likeness (QED) is 0.506. The molecule has 0 atom stereocenters. The fourth-order valence-electron chi connectivity index (χ4n) is 3.61. The van der Waals surface area contributed by atoms with Gasteiger partial charge in [0, 0.05) is 34.3 Å². The van der Waals surface area contributed by atoms with Crippen LogP contribution in [0, 0.1) is 6.92 Å². The van der Waals surface area contributed by atoms with Gasteiger partial charge in [0.1, 0.15) is 0 Å². The molecule has 0 unspecified atom stereocenters. The number of nitrogens with zero attached hydrogens (tertiary/aromatic N) is 1. The third kappa shape index (κ3) is 6.32. The van der Waals surface area contributed by atoms with E-state index in [0.717, 1.165) is 64.8 Å². The molecule has 1 aliphatic rings. The molecule has 1 saturated heterocycles. The molecule has 3 heterocycles. The molecule has 6 heteroatoms. The number of hydrogen-bond donors (Lipinski definition) is 3. The minimum Gasteiger partial charge on any atom is -0.328 e. The molecule has 0 bridgehead atoms. The lowest BCUT2D eigenvalue weighted by Gasteiger charge is -2.29. The van der Waals surface area contributed by atoms with Gasteiger partial charge in [-0.15, -0.1) is 24.0 Å². The van der Waals surface area contributed by atoms with Crippen LogP contribution < -0.4 is 11.3 Å². The van der Waals surface area contributed by atoms with Gasteiger partial charge in [0.15, 0.2) is 0 Å². The molecule has 0 amide bonds. The van der Waals surface area contributed by atoms with E-state index in [9.17, 15) is 4.79 Å². The topological polar surface area (TPSA) is 62.1 Å². The molecule has 3 N–H and O–H groups in total. The number of aryl methyl sites for hydroxylation is 2. The van der Waals surface area contributed by atoms with E-state index in [0.29, 0.717) is 6.04 Å². The number of thiol groups is 1. The molecule has 160 valence electrons. The van der Waals surface area contributed by atoms with Gasteiger partial charge in [0.25, 0.3) is 5.56 Å². The van der Waals surface area contributed by atoms with Gasteiger partial charge in [-0.25, -0.2) is 0 Å². The average Bonchev–Trinajstić information content (AvgIpc) is 3.17. The molecule has 1 aromatic carbocycles. The van der Waals surface area contributed by atoms with Crippen LogP contribution in [0.1, 0.15) is 36.6 Å². The van der Waals surface area contributed by atoms with Crippen LogP contribution in [0.25, 0.3) is 10.4 Å². The van der Waals surface area contributed by atoms with Gasteiger partial charge in [-0.1, -0.05) is 37.3 Å². The monoisotopic (exact) mass is 441 g/mol. The largest absolute Gasteiger partial charge is 0.328 e. The molecule has 1 aliphatic heterocycles. The number of likely N-dealkylation sites (tertiary alicyclic amines) is 1. The van der Waals surface area contributed by atoms with E-state index in [1.807, 2.05) is 32.0 Å². The Labute approximate surface area is 188 Å². The van der Waals surface area contributed by atoms with Crippen LogP contribution >= 0.6 is 24.0 Å². The Morgan fingerprint density at radius 3 is 2.47 bits per heavy atom. The summed E-state index contributed by atoms with van der Waals surface area (Å²) in [6.45, 7) is 7.29. The van der Waals surface area contributed by atoms with E-state index in [-0.39, 0.29) is 5.56 Å². The van der Waals surface area contributed by atoms with Crippen LogP contribution in [-0.4, -0.2) is 29.0 Å². The maximum absolute atomic E-state index is 11.6. The summed E-state index contributed by atoms with van der Waals surface area (Å²) in [6, 6.07) is 17.1. The van der Waals surface area contributed by atoms with Gasteiger partial charge in [-0.05, 0) is 63.0 Å². The van der Waals surface area contributed by atoms with Crippen molar-refractivity contribution in [3.63, 3.8) is 0 Å².